The third kappa shape index (κ3) is 2.53. The fourth-order valence-electron chi connectivity index (χ4n) is 2.93. The third-order valence-corrected chi connectivity index (χ3v) is 4.02. The molecule has 1 aromatic carbocycles. The van der Waals surface area contributed by atoms with E-state index in [1.807, 2.05) is 7.05 Å². The second-order valence-corrected chi connectivity index (χ2v) is 5.00. The Kier molecular flexibility index (Phi) is 4.19. The maximum Gasteiger partial charge on any atom is 0.0477 e. The molecule has 2 atom stereocenters. The molecular weight excluding hydrogens is 210 g/mol. The number of hydrogen-bond acceptors (Lipinski definition) is 2. The van der Waals surface area contributed by atoms with Crippen molar-refractivity contribution in [2.24, 2.45) is 5.92 Å². The molecule has 94 valence electrons. The van der Waals surface area contributed by atoms with Crippen LogP contribution in [0.3, 0.4) is 0 Å². The average Bonchev–Trinajstić information content (AvgIpc) is 2.82. The van der Waals surface area contributed by atoms with Crippen LogP contribution < -0.4 is 5.32 Å². The van der Waals surface area contributed by atoms with Crippen LogP contribution in [0.4, 0.5) is 0 Å². The summed E-state index contributed by atoms with van der Waals surface area (Å²) in [5, 5.41) is 12.8. The van der Waals surface area contributed by atoms with E-state index < -0.39 is 0 Å². The maximum atomic E-state index is 9.44. The third-order valence-electron chi connectivity index (χ3n) is 4.02. The van der Waals surface area contributed by atoms with Gasteiger partial charge < -0.3 is 10.4 Å². The molecule has 0 saturated heterocycles. The molecule has 0 saturated carbocycles. The molecule has 1 aliphatic carbocycles. The number of aliphatic hydroxyl groups is 1. The number of fused-ring (bicyclic) bond motifs is 1. The minimum atomic E-state index is 0.249. The molecule has 2 heteroatoms. The molecular formula is C15H23NO. The maximum absolute atomic E-state index is 9.44. The SMILES string of the molecule is CCC(CO)C(NC)c1ccc2c(c1)CCC2. The van der Waals surface area contributed by atoms with Gasteiger partial charge in [0.2, 0.25) is 0 Å². The number of aryl methyl sites for hydroxylation is 2. The predicted molar refractivity (Wildman–Crippen MR) is 71.1 cm³/mol. The second-order valence-electron chi connectivity index (χ2n) is 5.00. The van der Waals surface area contributed by atoms with E-state index in [1.165, 1.54) is 36.0 Å². The van der Waals surface area contributed by atoms with Gasteiger partial charge in [0.1, 0.15) is 0 Å². The van der Waals surface area contributed by atoms with Crippen LogP contribution in [0.2, 0.25) is 0 Å². The van der Waals surface area contributed by atoms with Gasteiger partial charge in [-0.1, -0.05) is 25.1 Å². The molecule has 1 aromatic rings. The van der Waals surface area contributed by atoms with Crippen molar-refractivity contribution in [3.63, 3.8) is 0 Å². The summed E-state index contributed by atoms with van der Waals surface area (Å²) in [4.78, 5) is 0. The van der Waals surface area contributed by atoms with Crippen molar-refractivity contribution in [3.8, 4) is 0 Å². The highest BCUT2D eigenvalue weighted by molar-refractivity contribution is 5.36. The fraction of sp³-hybridized carbons (Fsp3) is 0.600. The summed E-state index contributed by atoms with van der Waals surface area (Å²) in [7, 11) is 1.98. The summed E-state index contributed by atoms with van der Waals surface area (Å²) in [6, 6.07) is 7.10. The lowest BCUT2D eigenvalue weighted by Gasteiger charge is -2.25. The number of aliphatic hydroxyl groups excluding tert-OH is 1. The molecule has 17 heavy (non-hydrogen) atoms. The van der Waals surface area contributed by atoms with Gasteiger partial charge in [0.15, 0.2) is 0 Å². The van der Waals surface area contributed by atoms with Gasteiger partial charge in [-0.15, -0.1) is 0 Å². The molecule has 0 radical (unpaired) electrons. The monoisotopic (exact) mass is 233 g/mol. The molecule has 0 bridgehead atoms. The molecule has 0 heterocycles. The Morgan fingerprint density at radius 1 is 1.29 bits per heavy atom. The summed E-state index contributed by atoms with van der Waals surface area (Å²) in [5.74, 6) is 0.305. The Morgan fingerprint density at radius 3 is 2.71 bits per heavy atom. The van der Waals surface area contributed by atoms with Gasteiger partial charge in [-0.3, -0.25) is 0 Å². The first-order valence-corrected chi connectivity index (χ1v) is 6.70. The highest BCUT2D eigenvalue weighted by Crippen LogP contribution is 2.29. The molecule has 1 aliphatic rings. The number of benzene rings is 1. The Bertz CT molecular complexity index is 371. The smallest absolute Gasteiger partial charge is 0.0477 e. The minimum Gasteiger partial charge on any atom is -0.396 e. The normalized spacial score (nSPS) is 17.8. The standard InChI is InChI=1S/C15H23NO/c1-3-11(10-17)15(16-2)14-8-7-12-5-4-6-13(12)9-14/h7-9,11,15-17H,3-6,10H2,1-2H3. The zero-order chi connectivity index (χ0) is 12.3. The second kappa shape index (κ2) is 5.65. The molecule has 0 amide bonds. The largest absolute Gasteiger partial charge is 0.396 e. The lowest BCUT2D eigenvalue weighted by Crippen LogP contribution is -2.27. The quantitative estimate of drug-likeness (QED) is 0.819. The van der Waals surface area contributed by atoms with Crippen molar-refractivity contribution < 1.29 is 5.11 Å². The summed E-state index contributed by atoms with van der Waals surface area (Å²) in [6.45, 7) is 2.39. The van der Waals surface area contributed by atoms with Crippen LogP contribution in [-0.2, 0) is 12.8 Å². The summed E-state index contributed by atoms with van der Waals surface area (Å²) in [5.41, 5.74) is 4.35. The van der Waals surface area contributed by atoms with Crippen molar-refractivity contribution >= 4 is 0 Å². The summed E-state index contributed by atoms with van der Waals surface area (Å²) < 4.78 is 0. The molecule has 0 spiro atoms. The number of nitrogens with one attached hydrogen (secondary N) is 1. The van der Waals surface area contributed by atoms with Crippen LogP contribution in [0, 0.1) is 5.92 Å². The van der Waals surface area contributed by atoms with Crippen LogP contribution in [0.1, 0.15) is 42.5 Å². The number of hydrogen-bond donors (Lipinski definition) is 2. The van der Waals surface area contributed by atoms with Crippen LogP contribution in [0.15, 0.2) is 18.2 Å². The topological polar surface area (TPSA) is 32.3 Å². The first-order valence-electron chi connectivity index (χ1n) is 6.70. The van der Waals surface area contributed by atoms with E-state index in [1.54, 1.807) is 0 Å². The van der Waals surface area contributed by atoms with Crippen LogP contribution >= 0.6 is 0 Å². The van der Waals surface area contributed by atoms with E-state index >= 15 is 0 Å². The van der Waals surface area contributed by atoms with E-state index in [9.17, 15) is 5.11 Å². The molecule has 0 aromatic heterocycles. The highest BCUT2D eigenvalue weighted by Gasteiger charge is 2.21. The zero-order valence-electron chi connectivity index (χ0n) is 10.9. The van der Waals surface area contributed by atoms with E-state index in [-0.39, 0.29) is 12.6 Å². The Labute approximate surface area is 104 Å². The molecule has 0 aliphatic heterocycles. The Hall–Kier alpha value is -0.860. The van der Waals surface area contributed by atoms with Gasteiger partial charge in [0.05, 0.1) is 0 Å². The summed E-state index contributed by atoms with van der Waals surface area (Å²) >= 11 is 0. The van der Waals surface area contributed by atoms with Gasteiger partial charge in [0.25, 0.3) is 0 Å². The van der Waals surface area contributed by atoms with Crippen LogP contribution in [0.5, 0.6) is 0 Å². The average molecular weight is 233 g/mol. The van der Waals surface area contributed by atoms with E-state index in [4.69, 9.17) is 0 Å². The van der Waals surface area contributed by atoms with Gasteiger partial charge in [-0.25, -0.2) is 0 Å². The van der Waals surface area contributed by atoms with Crippen molar-refractivity contribution in [1.82, 2.24) is 5.32 Å². The zero-order valence-corrected chi connectivity index (χ0v) is 10.9. The predicted octanol–water partition coefficient (Wildman–Crippen LogP) is 2.45. The van der Waals surface area contributed by atoms with Crippen LogP contribution in [0.25, 0.3) is 0 Å². The Morgan fingerprint density at radius 2 is 2.06 bits per heavy atom. The van der Waals surface area contributed by atoms with Gasteiger partial charge in [0, 0.05) is 18.6 Å². The van der Waals surface area contributed by atoms with Crippen LogP contribution in [-0.4, -0.2) is 18.8 Å². The van der Waals surface area contributed by atoms with Gasteiger partial charge in [-0.2, -0.15) is 0 Å². The van der Waals surface area contributed by atoms with Gasteiger partial charge in [-0.05, 0) is 49.4 Å². The molecule has 2 rings (SSSR count). The van der Waals surface area contributed by atoms with E-state index in [0.29, 0.717) is 5.92 Å². The minimum absolute atomic E-state index is 0.249. The van der Waals surface area contributed by atoms with Crippen molar-refractivity contribution in [3.05, 3.63) is 34.9 Å². The van der Waals surface area contributed by atoms with Crippen molar-refractivity contribution in [1.29, 1.82) is 0 Å². The van der Waals surface area contributed by atoms with E-state index in [2.05, 4.69) is 30.4 Å². The lowest BCUT2D eigenvalue weighted by atomic mass is 9.90. The first-order chi connectivity index (χ1) is 8.30. The molecule has 2 N–H and O–H groups in total. The van der Waals surface area contributed by atoms with Crippen molar-refractivity contribution in [2.75, 3.05) is 13.7 Å². The Balaban J connectivity index is 2.25. The van der Waals surface area contributed by atoms with Gasteiger partial charge >= 0.3 is 0 Å². The molecule has 2 nitrogen and oxygen atoms in total. The highest BCUT2D eigenvalue weighted by atomic mass is 16.3. The van der Waals surface area contributed by atoms with E-state index in [0.717, 1.165) is 6.42 Å². The fourth-order valence-corrected chi connectivity index (χ4v) is 2.93. The molecule has 2 unspecified atom stereocenters. The summed E-state index contributed by atoms with van der Waals surface area (Å²) in [6.07, 6.45) is 4.74. The number of rotatable bonds is 5. The lowest BCUT2D eigenvalue weighted by molar-refractivity contribution is 0.189. The van der Waals surface area contributed by atoms with Crippen molar-refractivity contribution in [2.45, 2.75) is 38.6 Å². The molecule has 0 fully saturated rings. The first kappa shape index (κ1) is 12.6.